The Hall–Kier alpha value is -7.42. The zero-order valence-electron chi connectivity index (χ0n) is 47.0. The highest BCUT2D eigenvalue weighted by Crippen LogP contribution is 2.45. The maximum Gasteiger partial charge on any atom is 0.329 e. The molecule has 0 saturated heterocycles. The van der Waals surface area contributed by atoms with E-state index in [1.54, 1.807) is 91.0 Å². The molecule has 2 amide bonds. The van der Waals surface area contributed by atoms with Gasteiger partial charge in [0.25, 0.3) is 11.8 Å². The van der Waals surface area contributed by atoms with Crippen LogP contribution in [0.4, 0.5) is 0 Å². The van der Waals surface area contributed by atoms with Gasteiger partial charge in [0, 0.05) is 50.7 Å². The van der Waals surface area contributed by atoms with E-state index in [9.17, 15) is 50.3 Å². The van der Waals surface area contributed by atoms with Crippen LogP contribution in [0, 0.1) is 23.2 Å². The van der Waals surface area contributed by atoms with Gasteiger partial charge in [-0.25, -0.2) is 26.4 Å². The monoisotopic (exact) mass is 1340 g/mol. The van der Waals surface area contributed by atoms with Crippen LogP contribution in [0.5, 0.6) is 11.5 Å². The molecule has 0 heterocycles. The van der Waals surface area contributed by atoms with Crippen LogP contribution in [0.15, 0.2) is 161 Å². The quantitative estimate of drug-likeness (QED) is 0.0364. The van der Waals surface area contributed by atoms with Gasteiger partial charge in [-0.2, -0.15) is 0 Å². The second-order valence-corrected chi connectivity index (χ2v) is 28.8. The number of aliphatic carboxylic acids is 1. The normalized spacial score (nSPS) is 13.1. The number of carbonyl (C=O) groups is 4. The van der Waals surface area contributed by atoms with Crippen LogP contribution in [-0.4, -0.2) is 98.7 Å². The number of carboxylic acid groups (broad SMARTS) is 1. The molecule has 0 bridgehead atoms. The van der Waals surface area contributed by atoms with Crippen molar-refractivity contribution in [2.45, 2.75) is 41.3 Å². The zero-order valence-corrected chi connectivity index (χ0v) is 53.4. The van der Waals surface area contributed by atoms with Gasteiger partial charge >= 0.3 is 26.7 Å². The van der Waals surface area contributed by atoms with Crippen molar-refractivity contribution in [2.24, 2.45) is 0 Å². The van der Waals surface area contributed by atoms with Crippen molar-refractivity contribution in [1.29, 1.82) is 0 Å². The highest BCUT2D eigenvalue weighted by Gasteiger charge is 2.29. The lowest BCUT2D eigenvalue weighted by molar-refractivity contribution is -0.147. The van der Waals surface area contributed by atoms with Crippen molar-refractivity contribution in [3.8, 4) is 34.7 Å². The molecule has 26 heteroatoms. The maximum absolute atomic E-state index is 13.5. The fraction of sp³-hybridized carbons (Fsp3) is 0.180. The average molecular weight is 1340 g/mol. The number of methoxy groups -OCH3 is 2. The van der Waals surface area contributed by atoms with E-state index in [1.807, 2.05) is 6.07 Å². The number of carbonyl (C=O) groups excluding carboxylic acids is 3. The first-order valence-electron chi connectivity index (χ1n) is 25.4. The highest BCUT2D eigenvalue weighted by atomic mass is 35.5. The minimum Gasteiger partial charge on any atom is -0.497 e. The number of rotatable bonds is 20. The standard InChI is InChI=1S/C34H30Cl2NO8PS.C27H24Cl2NO8PS/c1-43-26-12-8-13-27(21-26)46(40,44-2)16-15-25-18-29(35)32(30(36)19-25)33(38)37-31(34(39)45-22-23-9-5-4-6-10-23)20-24-11-7-14-28(17-24)47(3,41)42;1-37-19-7-5-8-20(16-19)39(34,38-2)11-10-18-13-22(28)25(23(29)14-18)26(31)30-24(27(32)33)15-17-6-4-9-21(12-17)40(3,35)36/h4-14,17-19,21,31H,20,22H2,1-3H3,(H,37,38);4-9,12-14,16,24H,15H2,1-3H3,(H,30,31)(H,32,33)/t31-,46?;24-,39?/m00/s1. The van der Waals surface area contributed by atoms with Crippen LogP contribution in [0.3, 0.4) is 0 Å². The van der Waals surface area contributed by atoms with Crippen molar-refractivity contribution in [3.05, 3.63) is 211 Å². The molecule has 0 spiro atoms. The molecule has 0 saturated carbocycles. The number of hydrogen-bond donors (Lipinski definition) is 3. The first-order valence-corrected chi connectivity index (χ1v) is 33.9. The second-order valence-electron chi connectivity index (χ2n) is 18.7. The molecule has 18 nitrogen and oxygen atoms in total. The average Bonchev–Trinajstić information content (AvgIpc) is 2.06. The summed E-state index contributed by atoms with van der Waals surface area (Å²) < 4.78 is 101. The summed E-state index contributed by atoms with van der Waals surface area (Å²) in [5.41, 5.74) is 7.03. The Kier molecular flexibility index (Phi) is 24.1. The zero-order chi connectivity index (χ0) is 63.9. The fourth-order valence-corrected chi connectivity index (χ4v) is 13.3. The van der Waals surface area contributed by atoms with E-state index in [0.29, 0.717) is 33.2 Å². The lowest BCUT2D eigenvalue weighted by atomic mass is 10.0. The van der Waals surface area contributed by atoms with Crippen molar-refractivity contribution in [3.63, 3.8) is 0 Å². The Morgan fingerprint density at radius 3 is 1.28 bits per heavy atom. The minimum atomic E-state index is -3.62. The van der Waals surface area contributed by atoms with Crippen molar-refractivity contribution in [2.75, 3.05) is 41.0 Å². The Labute approximate surface area is 523 Å². The number of esters is 1. The number of halogens is 4. The minimum absolute atomic E-state index is 0.0210. The smallest absolute Gasteiger partial charge is 0.329 e. The summed E-state index contributed by atoms with van der Waals surface area (Å²) in [6.07, 6.45) is 1.83. The van der Waals surface area contributed by atoms with E-state index in [-0.39, 0.29) is 71.6 Å². The Morgan fingerprint density at radius 1 is 0.517 bits per heavy atom. The summed E-state index contributed by atoms with van der Waals surface area (Å²) >= 11 is 25.6. The molecule has 87 heavy (non-hydrogen) atoms. The lowest BCUT2D eigenvalue weighted by Gasteiger charge is -2.19. The van der Waals surface area contributed by atoms with Crippen LogP contribution in [0.1, 0.15) is 48.5 Å². The van der Waals surface area contributed by atoms with Gasteiger partial charge in [0.1, 0.15) is 30.2 Å². The first kappa shape index (κ1) is 68.7. The van der Waals surface area contributed by atoms with Gasteiger partial charge in [0.2, 0.25) is 0 Å². The van der Waals surface area contributed by atoms with Gasteiger partial charge in [0.05, 0.1) is 65.8 Å². The second kappa shape index (κ2) is 30.5. The molecule has 0 radical (unpaired) electrons. The molecule has 454 valence electrons. The predicted molar refractivity (Wildman–Crippen MR) is 334 cm³/mol. The number of benzene rings is 7. The highest BCUT2D eigenvalue weighted by molar-refractivity contribution is 7.91. The van der Waals surface area contributed by atoms with E-state index in [1.165, 1.54) is 83.0 Å². The van der Waals surface area contributed by atoms with Gasteiger partial charge in [-0.15, -0.1) is 0 Å². The lowest BCUT2D eigenvalue weighted by Crippen LogP contribution is -2.43. The van der Waals surface area contributed by atoms with Crippen LogP contribution in [0.25, 0.3) is 0 Å². The molecule has 0 aliphatic carbocycles. The fourth-order valence-electron chi connectivity index (χ4n) is 7.98. The van der Waals surface area contributed by atoms with E-state index >= 15 is 0 Å². The number of hydrogen-bond acceptors (Lipinski definition) is 15. The van der Waals surface area contributed by atoms with Crippen molar-refractivity contribution < 1.29 is 73.5 Å². The third kappa shape index (κ3) is 19.0. The van der Waals surface area contributed by atoms with E-state index < -0.39 is 70.2 Å². The predicted octanol–water partition coefficient (Wildman–Crippen LogP) is 10.4. The summed E-state index contributed by atoms with van der Waals surface area (Å²) in [5.74, 6) is 2.68. The van der Waals surface area contributed by atoms with Gasteiger partial charge < -0.3 is 39.0 Å². The van der Waals surface area contributed by atoms with Crippen LogP contribution >= 0.6 is 61.1 Å². The molecule has 4 atom stereocenters. The number of ether oxygens (including phenoxy) is 3. The molecule has 0 aliphatic heterocycles. The van der Waals surface area contributed by atoms with Crippen LogP contribution in [-0.2, 0) is 71.6 Å². The molecule has 0 fully saturated rings. The molecule has 0 aliphatic rings. The molecule has 2 unspecified atom stereocenters. The van der Waals surface area contributed by atoms with Gasteiger partial charge in [0.15, 0.2) is 19.7 Å². The number of nitrogens with one attached hydrogen (secondary N) is 2. The molecule has 3 N–H and O–H groups in total. The van der Waals surface area contributed by atoms with E-state index in [0.717, 1.165) is 18.1 Å². The Morgan fingerprint density at radius 2 is 0.897 bits per heavy atom. The maximum atomic E-state index is 13.5. The topological polar surface area (TPSA) is 261 Å². The van der Waals surface area contributed by atoms with Gasteiger partial charge in [-0.05, 0) is 113 Å². The third-order valence-corrected chi connectivity index (χ3v) is 19.7. The molecular weight excluding hydrogens is 1280 g/mol. The Bertz CT molecular complexity index is 4180. The van der Waals surface area contributed by atoms with Crippen LogP contribution < -0.4 is 30.7 Å². The number of sulfone groups is 2. The first-order chi connectivity index (χ1) is 41.1. The summed E-state index contributed by atoms with van der Waals surface area (Å²) in [5, 5.41) is 14.9. The molecular formula is C61H54Cl4N2O16P2S2. The number of amides is 2. The van der Waals surface area contributed by atoms with E-state index in [2.05, 4.69) is 33.8 Å². The molecule has 7 aromatic rings. The summed E-state index contributed by atoms with van der Waals surface area (Å²) in [6.45, 7) is -0.0502. The van der Waals surface area contributed by atoms with E-state index in [4.69, 9.17) is 69.7 Å². The SMILES string of the molecule is COc1cccc(P(=O)(C#Cc2cc(Cl)c(C(=O)N[C@@H](Cc3cccc(S(C)(=O)=O)c3)C(=O)O)c(Cl)c2)OC)c1.COc1cccc(P(=O)(C#Cc2cc(Cl)c(C(=O)N[C@@H](Cc3cccc(S(C)(=O)=O)c3)C(=O)OCc3ccccc3)c(Cl)c2)OC)c1. The summed E-state index contributed by atoms with van der Waals surface area (Å²) in [6, 6.07) is 36.5. The number of carboxylic acids is 1. The van der Waals surface area contributed by atoms with Gasteiger partial charge in [-0.1, -0.05) is 125 Å². The van der Waals surface area contributed by atoms with Crippen molar-refractivity contribution in [1.82, 2.24) is 10.6 Å². The Balaban J connectivity index is 0.000000282. The van der Waals surface area contributed by atoms with Gasteiger partial charge in [-0.3, -0.25) is 18.7 Å². The van der Waals surface area contributed by atoms with Crippen LogP contribution in [0.2, 0.25) is 20.1 Å². The summed E-state index contributed by atoms with van der Waals surface area (Å²) in [7, 11) is -8.77. The molecule has 7 aromatic carbocycles. The third-order valence-electron chi connectivity index (χ3n) is 12.5. The van der Waals surface area contributed by atoms with Crippen molar-refractivity contribution >= 4 is 115 Å². The molecule has 0 aromatic heterocycles. The molecule has 7 rings (SSSR count). The summed E-state index contributed by atoms with van der Waals surface area (Å²) in [4.78, 5) is 51.7. The largest absolute Gasteiger partial charge is 0.497 e.